The van der Waals surface area contributed by atoms with E-state index in [1.807, 2.05) is 53.2 Å². The Labute approximate surface area is 176 Å². The monoisotopic (exact) mass is 405 g/mol. The van der Waals surface area contributed by atoms with E-state index in [1.54, 1.807) is 12.4 Å². The Morgan fingerprint density at radius 3 is 2.27 bits per heavy atom. The zero-order valence-corrected chi connectivity index (χ0v) is 17.3. The van der Waals surface area contributed by atoms with Gasteiger partial charge in [0.1, 0.15) is 0 Å². The first kappa shape index (κ1) is 19.0. The molecule has 1 aromatic carbocycles. The number of amides is 2. The van der Waals surface area contributed by atoms with Gasteiger partial charge in [0.25, 0.3) is 5.91 Å². The molecule has 1 unspecified atom stereocenters. The number of hydrogen-bond donors (Lipinski definition) is 0. The predicted molar refractivity (Wildman–Crippen MR) is 113 cm³/mol. The quantitative estimate of drug-likeness (QED) is 0.765. The first-order chi connectivity index (χ1) is 14.5. The fraction of sp³-hybridized carbons (Fsp3) is 0.478. The Bertz CT molecular complexity index is 943. The van der Waals surface area contributed by atoms with Crippen LogP contribution in [0.3, 0.4) is 0 Å². The van der Waals surface area contributed by atoms with Gasteiger partial charge in [-0.05, 0) is 37.5 Å². The van der Waals surface area contributed by atoms with Crippen molar-refractivity contribution in [2.45, 2.75) is 19.3 Å². The minimum Gasteiger partial charge on any atom is -0.345 e. The molecule has 0 N–H and O–H groups in total. The summed E-state index contributed by atoms with van der Waals surface area (Å²) in [4.78, 5) is 41.2. The Morgan fingerprint density at radius 2 is 1.63 bits per heavy atom. The molecule has 0 aliphatic carbocycles. The molecule has 156 valence electrons. The number of aromatic nitrogens is 2. The lowest BCUT2D eigenvalue weighted by atomic mass is 9.60. The molecular formula is C23H27N5O2. The summed E-state index contributed by atoms with van der Waals surface area (Å²) in [6, 6.07) is 11.3. The number of likely N-dealkylation sites (tertiary alicyclic amines) is 2. The maximum Gasteiger partial charge on any atom is 0.253 e. The Kier molecular flexibility index (Phi) is 4.49. The van der Waals surface area contributed by atoms with Crippen LogP contribution in [0.25, 0.3) is 0 Å². The maximum atomic E-state index is 13.4. The second-order valence-electron chi connectivity index (χ2n) is 8.90. The highest BCUT2D eigenvalue weighted by Gasteiger charge is 2.65. The lowest BCUT2D eigenvalue weighted by Gasteiger charge is -2.46. The van der Waals surface area contributed by atoms with Crippen LogP contribution in [0.1, 0.15) is 29.6 Å². The van der Waals surface area contributed by atoms with Crippen LogP contribution in [0.4, 0.5) is 5.95 Å². The average Bonchev–Trinajstić information content (AvgIpc) is 3.28. The number of benzene rings is 1. The van der Waals surface area contributed by atoms with Gasteiger partial charge >= 0.3 is 0 Å². The number of anilines is 1. The predicted octanol–water partition coefficient (Wildman–Crippen LogP) is 2.07. The van der Waals surface area contributed by atoms with Gasteiger partial charge in [-0.2, -0.15) is 0 Å². The van der Waals surface area contributed by atoms with Crippen LogP contribution in [-0.2, 0) is 4.79 Å². The van der Waals surface area contributed by atoms with Gasteiger partial charge in [0.05, 0.1) is 5.41 Å². The summed E-state index contributed by atoms with van der Waals surface area (Å²) in [6.45, 7) is 3.57. The SMILES string of the molecule is CN1CCC2(CN(c3ncccn3)CC23CCN(C(=O)c2ccccc2)CC3)C1=O. The lowest BCUT2D eigenvalue weighted by Crippen LogP contribution is -2.53. The van der Waals surface area contributed by atoms with Gasteiger partial charge in [0, 0.05) is 63.1 Å². The van der Waals surface area contributed by atoms with Gasteiger partial charge in [-0.15, -0.1) is 0 Å². The van der Waals surface area contributed by atoms with Crippen molar-refractivity contribution in [3.8, 4) is 0 Å². The Morgan fingerprint density at radius 1 is 0.933 bits per heavy atom. The number of rotatable bonds is 2. The van der Waals surface area contributed by atoms with Crippen molar-refractivity contribution in [1.82, 2.24) is 19.8 Å². The van der Waals surface area contributed by atoms with Gasteiger partial charge in [0.2, 0.25) is 11.9 Å². The highest BCUT2D eigenvalue weighted by atomic mass is 16.2. The topological polar surface area (TPSA) is 69.6 Å². The summed E-state index contributed by atoms with van der Waals surface area (Å²) in [5, 5.41) is 0. The molecule has 1 atom stereocenters. The van der Waals surface area contributed by atoms with E-state index in [-0.39, 0.29) is 17.2 Å². The smallest absolute Gasteiger partial charge is 0.253 e. The highest BCUT2D eigenvalue weighted by Crippen LogP contribution is 2.58. The summed E-state index contributed by atoms with van der Waals surface area (Å²) in [5.41, 5.74) is 0.162. The molecule has 7 nitrogen and oxygen atoms in total. The van der Waals surface area contributed by atoms with Gasteiger partial charge < -0.3 is 14.7 Å². The number of carbonyl (C=O) groups excluding carboxylic acids is 2. The summed E-state index contributed by atoms with van der Waals surface area (Å²) >= 11 is 0. The van der Waals surface area contributed by atoms with Crippen LogP contribution in [0.15, 0.2) is 48.8 Å². The van der Waals surface area contributed by atoms with Crippen molar-refractivity contribution in [2.24, 2.45) is 10.8 Å². The van der Waals surface area contributed by atoms with Crippen LogP contribution in [0.5, 0.6) is 0 Å². The molecule has 0 radical (unpaired) electrons. The van der Waals surface area contributed by atoms with Gasteiger partial charge in [0.15, 0.2) is 0 Å². The Balaban J connectivity index is 1.42. The molecule has 3 aliphatic rings. The van der Waals surface area contributed by atoms with Crippen molar-refractivity contribution in [1.29, 1.82) is 0 Å². The number of hydrogen-bond acceptors (Lipinski definition) is 5. The van der Waals surface area contributed by atoms with Crippen LogP contribution in [0.2, 0.25) is 0 Å². The molecule has 3 fully saturated rings. The van der Waals surface area contributed by atoms with Crippen LogP contribution >= 0.6 is 0 Å². The molecule has 4 heterocycles. The molecule has 3 aliphatic heterocycles. The fourth-order valence-electron chi connectivity index (χ4n) is 5.77. The summed E-state index contributed by atoms with van der Waals surface area (Å²) in [7, 11) is 1.90. The normalized spacial score (nSPS) is 25.5. The van der Waals surface area contributed by atoms with Crippen LogP contribution < -0.4 is 4.90 Å². The molecule has 3 saturated heterocycles. The lowest BCUT2D eigenvalue weighted by molar-refractivity contribution is -0.140. The third-order valence-corrected chi connectivity index (χ3v) is 7.46. The molecule has 0 bridgehead atoms. The van der Waals surface area contributed by atoms with Gasteiger partial charge in [-0.25, -0.2) is 9.97 Å². The van der Waals surface area contributed by atoms with Crippen molar-refractivity contribution >= 4 is 17.8 Å². The van der Waals surface area contributed by atoms with E-state index in [0.29, 0.717) is 25.6 Å². The van der Waals surface area contributed by atoms with Gasteiger partial charge in [-0.1, -0.05) is 18.2 Å². The van der Waals surface area contributed by atoms with E-state index >= 15 is 0 Å². The van der Waals surface area contributed by atoms with Crippen LogP contribution in [0, 0.1) is 10.8 Å². The minimum absolute atomic E-state index is 0.0793. The Hall–Kier alpha value is -2.96. The standard InChI is InChI=1S/C23H27N5O2/c1-26-13-10-23(20(26)30)17-28(21-24-11-5-12-25-21)16-22(23)8-14-27(15-9-22)19(29)18-6-3-2-4-7-18/h2-7,11-12H,8-10,13-17H2,1H3. The van der Waals surface area contributed by atoms with E-state index < -0.39 is 5.41 Å². The zero-order chi connectivity index (χ0) is 20.8. The highest BCUT2D eigenvalue weighted by molar-refractivity contribution is 5.94. The fourth-order valence-corrected chi connectivity index (χ4v) is 5.77. The van der Waals surface area contributed by atoms with Crippen molar-refractivity contribution < 1.29 is 9.59 Å². The molecule has 0 saturated carbocycles. The third-order valence-electron chi connectivity index (χ3n) is 7.46. The minimum atomic E-state index is -0.414. The van der Waals surface area contributed by atoms with E-state index in [4.69, 9.17) is 0 Å². The summed E-state index contributed by atoms with van der Waals surface area (Å²) in [6.07, 6.45) is 6.02. The van der Waals surface area contributed by atoms with Crippen LogP contribution in [-0.4, -0.2) is 71.4 Å². The molecular weight excluding hydrogens is 378 g/mol. The van der Waals surface area contributed by atoms with Crippen molar-refractivity contribution in [3.05, 3.63) is 54.4 Å². The molecule has 2 amide bonds. The average molecular weight is 406 g/mol. The van der Waals surface area contributed by atoms with E-state index in [1.165, 1.54) is 0 Å². The number of nitrogens with zero attached hydrogens (tertiary/aromatic N) is 5. The summed E-state index contributed by atoms with van der Waals surface area (Å²) in [5.74, 6) is 1.01. The second kappa shape index (κ2) is 7.07. The molecule has 1 aromatic heterocycles. The first-order valence-corrected chi connectivity index (χ1v) is 10.7. The van der Waals surface area contributed by atoms with E-state index in [9.17, 15) is 9.59 Å². The van der Waals surface area contributed by atoms with Crippen molar-refractivity contribution in [3.63, 3.8) is 0 Å². The second-order valence-corrected chi connectivity index (χ2v) is 8.90. The van der Waals surface area contributed by atoms with E-state index in [0.717, 1.165) is 37.9 Å². The molecule has 2 spiro atoms. The maximum absolute atomic E-state index is 13.4. The number of fused-ring (bicyclic) bond motifs is 1. The van der Waals surface area contributed by atoms with Crippen molar-refractivity contribution in [2.75, 3.05) is 44.7 Å². The number of piperidine rings is 1. The molecule has 5 rings (SSSR count). The third kappa shape index (κ3) is 2.79. The number of carbonyl (C=O) groups is 2. The van der Waals surface area contributed by atoms with Gasteiger partial charge in [-0.3, -0.25) is 9.59 Å². The molecule has 2 aromatic rings. The molecule has 30 heavy (non-hydrogen) atoms. The summed E-state index contributed by atoms with van der Waals surface area (Å²) < 4.78 is 0. The zero-order valence-electron chi connectivity index (χ0n) is 17.3. The molecule has 7 heteroatoms. The first-order valence-electron chi connectivity index (χ1n) is 10.7. The largest absolute Gasteiger partial charge is 0.345 e. The van der Waals surface area contributed by atoms with E-state index in [2.05, 4.69) is 14.9 Å².